The van der Waals surface area contributed by atoms with Gasteiger partial charge in [0, 0.05) is 30.5 Å². The molecule has 164 valence electrons. The predicted molar refractivity (Wildman–Crippen MR) is 116 cm³/mol. The summed E-state index contributed by atoms with van der Waals surface area (Å²) >= 11 is 0. The number of ether oxygens (including phenoxy) is 2. The van der Waals surface area contributed by atoms with Gasteiger partial charge in [-0.3, -0.25) is 9.59 Å². The molecule has 0 unspecified atom stereocenters. The molecule has 2 heterocycles. The number of hydrogen-bond donors (Lipinski definition) is 2. The molecule has 2 N–H and O–H groups in total. The molecule has 0 bridgehead atoms. The summed E-state index contributed by atoms with van der Waals surface area (Å²) in [7, 11) is 0. The molecule has 2 fully saturated rings. The molecular weight excluding hydrogens is 396 g/mol. The fourth-order valence-corrected chi connectivity index (χ4v) is 4.40. The van der Waals surface area contributed by atoms with E-state index in [0.717, 1.165) is 24.0 Å². The Morgan fingerprint density at radius 1 is 1.13 bits per heavy atom. The number of hydrogen-bond acceptors (Lipinski definition) is 5. The average molecular weight is 424 g/mol. The van der Waals surface area contributed by atoms with Gasteiger partial charge in [-0.25, -0.2) is 0 Å². The Labute approximate surface area is 182 Å². The summed E-state index contributed by atoms with van der Waals surface area (Å²) in [6, 6.07) is 14.4. The van der Waals surface area contributed by atoms with Crippen molar-refractivity contribution in [2.75, 3.05) is 31.7 Å². The van der Waals surface area contributed by atoms with Gasteiger partial charge < -0.3 is 24.8 Å². The highest BCUT2D eigenvalue weighted by Gasteiger charge is 2.41. The van der Waals surface area contributed by atoms with E-state index in [9.17, 15) is 14.7 Å². The molecule has 2 aliphatic rings. The second-order valence-electron chi connectivity index (χ2n) is 8.02. The monoisotopic (exact) mass is 424 g/mol. The molecule has 0 aromatic heterocycles. The molecule has 7 heteroatoms. The van der Waals surface area contributed by atoms with Gasteiger partial charge in [-0.2, -0.15) is 0 Å². The molecule has 2 aromatic rings. The molecule has 2 amide bonds. The number of aryl methyl sites for hydroxylation is 1. The zero-order chi connectivity index (χ0) is 21.8. The number of amides is 2. The van der Waals surface area contributed by atoms with Crippen molar-refractivity contribution in [2.24, 2.45) is 0 Å². The lowest BCUT2D eigenvalue weighted by molar-refractivity contribution is -0.168. The van der Waals surface area contributed by atoms with Crippen LogP contribution in [0.1, 0.15) is 40.4 Å². The number of carbonyl (C=O) groups is 2. The van der Waals surface area contributed by atoms with Crippen molar-refractivity contribution >= 4 is 17.5 Å². The summed E-state index contributed by atoms with van der Waals surface area (Å²) in [5, 5.41) is 13.0. The van der Waals surface area contributed by atoms with Crippen molar-refractivity contribution in [3.63, 3.8) is 0 Å². The molecular formula is C24H28N2O5. The molecule has 2 atom stereocenters. The van der Waals surface area contributed by atoms with E-state index in [2.05, 4.69) is 5.32 Å². The maximum absolute atomic E-state index is 12.6. The third kappa shape index (κ3) is 4.63. The number of nitrogens with one attached hydrogen (secondary N) is 1. The minimum Gasteiger partial charge on any atom is -0.394 e. The molecule has 0 aliphatic carbocycles. The average Bonchev–Trinajstić information content (AvgIpc) is 2.80. The molecule has 4 rings (SSSR count). The van der Waals surface area contributed by atoms with E-state index >= 15 is 0 Å². The lowest BCUT2D eigenvalue weighted by atomic mass is 9.95. The molecule has 2 aliphatic heterocycles. The zero-order valence-corrected chi connectivity index (χ0v) is 17.6. The van der Waals surface area contributed by atoms with Gasteiger partial charge in [0.15, 0.2) is 0 Å². The minimum atomic E-state index is -0.447. The first-order valence-corrected chi connectivity index (χ1v) is 10.7. The van der Waals surface area contributed by atoms with Crippen molar-refractivity contribution in [3.8, 4) is 0 Å². The highest BCUT2D eigenvalue weighted by Crippen LogP contribution is 2.33. The standard InChI is InChI=1S/C24H28N2O5/c1-16-4-2-3-5-20(16)24(29)25-18-8-6-17(7-9-18)23-21(14-27)26(22(28)15-31-23)19-10-12-30-13-11-19/h2-9,19,21,23,27H,10-15H2,1H3,(H,25,29)/t21-,23-/m1/s1. The number of morpholine rings is 1. The van der Waals surface area contributed by atoms with E-state index in [-0.39, 0.29) is 31.1 Å². The van der Waals surface area contributed by atoms with Gasteiger partial charge in [-0.15, -0.1) is 0 Å². The number of nitrogens with zero attached hydrogens (tertiary/aromatic N) is 1. The zero-order valence-electron chi connectivity index (χ0n) is 17.6. The Morgan fingerprint density at radius 2 is 1.84 bits per heavy atom. The van der Waals surface area contributed by atoms with Crippen molar-refractivity contribution < 1.29 is 24.2 Å². The summed E-state index contributed by atoms with van der Waals surface area (Å²) in [6.07, 6.45) is 1.10. The minimum absolute atomic E-state index is 0.00963. The van der Waals surface area contributed by atoms with E-state index < -0.39 is 12.1 Å². The quantitative estimate of drug-likeness (QED) is 0.771. The second kappa shape index (κ2) is 9.60. The predicted octanol–water partition coefficient (Wildman–Crippen LogP) is 2.69. The van der Waals surface area contributed by atoms with Crippen LogP contribution in [0.4, 0.5) is 5.69 Å². The van der Waals surface area contributed by atoms with Gasteiger partial charge in [0.1, 0.15) is 12.7 Å². The number of aliphatic hydroxyl groups excluding tert-OH is 1. The largest absolute Gasteiger partial charge is 0.394 e. The molecule has 0 radical (unpaired) electrons. The molecule has 2 aromatic carbocycles. The van der Waals surface area contributed by atoms with Crippen LogP contribution in [0.15, 0.2) is 48.5 Å². The fourth-order valence-electron chi connectivity index (χ4n) is 4.40. The SMILES string of the molecule is Cc1ccccc1C(=O)Nc1ccc([C@H]2OCC(=O)N(C3CCOCC3)[C@@H]2CO)cc1. The van der Waals surface area contributed by atoms with E-state index in [1.165, 1.54) is 0 Å². The van der Waals surface area contributed by atoms with E-state index in [0.29, 0.717) is 24.5 Å². The highest BCUT2D eigenvalue weighted by molar-refractivity contribution is 6.05. The first-order chi connectivity index (χ1) is 15.1. The first-order valence-electron chi connectivity index (χ1n) is 10.7. The summed E-state index contributed by atoms with van der Waals surface area (Å²) < 4.78 is 11.3. The van der Waals surface area contributed by atoms with Gasteiger partial charge in [-0.1, -0.05) is 30.3 Å². The highest BCUT2D eigenvalue weighted by atomic mass is 16.5. The number of benzene rings is 2. The van der Waals surface area contributed by atoms with Gasteiger partial charge in [0.2, 0.25) is 5.91 Å². The lowest BCUT2D eigenvalue weighted by Crippen LogP contribution is -2.57. The fraction of sp³-hybridized carbons (Fsp3) is 0.417. The Balaban J connectivity index is 1.49. The van der Waals surface area contributed by atoms with Crippen molar-refractivity contribution in [3.05, 3.63) is 65.2 Å². The van der Waals surface area contributed by atoms with Gasteiger partial charge >= 0.3 is 0 Å². The lowest BCUT2D eigenvalue weighted by Gasteiger charge is -2.45. The third-order valence-corrected chi connectivity index (χ3v) is 6.04. The molecule has 0 saturated carbocycles. The van der Waals surface area contributed by atoms with Crippen molar-refractivity contribution in [1.29, 1.82) is 0 Å². The van der Waals surface area contributed by atoms with Gasteiger partial charge in [0.25, 0.3) is 5.91 Å². The van der Waals surface area contributed by atoms with Crippen molar-refractivity contribution in [2.45, 2.75) is 38.0 Å². The van der Waals surface area contributed by atoms with E-state index in [1.807, 2.05) is 49.4 Å². The van der Waals surface area contributed by atoms with E-state index in [1.54, 1.807) is 11.0 Å². The summed E-state index contributed by atoms with van der Waals surface area (Å²) in [5.41, 5.74) is 3.08. The van der Waals surface area contributed by atoms with Crippen molar-refractivity contribution in [1.82, 2.24) is 4.90 Å². The number of anilines is 1. The smallest absolute Gasteiger partial charge is 0.255 e. The molecule has 0 spiro atoms. The summed E-state index contributed by atoms with van der Waals surface area (Å²) in [6.45, 7) is 2.95. The van der Waals surface area contributed by atoms with Crippen LogP contribution in [0.2, 0.25) is 0 Å². The maximum atomic E-state index is 12.6. The second-order valence-corrected chi connectivity index (χ2v) is 8.02. The number of carbonyl (C=O) groups excluding carboxylic acids is 2. The van der Waals surface area contributed by atoms with Crippen LogP contribution in [-0.2, 0) is 14.3 Å². The van der Waals surface area contributed by atoms with Crippen LogP contribution >= 0.6 is 0 Å². The number of aliphatic hydroxyl groups is 1. The Bertz CT molecular complexity index is 924. The van der Waals surface area contributed by atoms with Gasteiger partial charge in [0.05, 0.1) is 12.6 Å². The van der Waals surface area contributed by atoms with Gasteiger partial charge in [-0.05, 0) is 49.1 Å². The summed E-state index contributed by atoms with van der Waals surface area (Å²) in [4.78, 5) is 26.9. The molecule has 7 nitrogen and oxygen atoms in total. The topological polar surface area (TPSA) is 88.1 Å². The van der Waals surface area contributed by atoms with Crippen LogP contribution in [0, 0.1) is 6.92 Å². The van der Waals surface area contributed by atoms with Crippen LogP contribution in [0.5, 0.6) is 0 Å². The molecule has 31 heavy (non-hydrogen) atoms. The Morgan fingerprint density at radius 3 is 2.52 bits per heavy atom. The Kier molecular flexibility index (Phi) is 6.65. The summed E-state index contributed by atoms with van der Waals surface area (Å²) in [5.74, 6) is -0.256. The third-order valence-electron chi connectivity index (χ3n) is 6.04. The van der Waals surface area contributed by atoms with Crippen LogP contribution in [0.25, 0.3) is 0 Å². The first kappa shape index (κ1) is 21.5. The Hall–Kier alpha value is -2.74. The number of rotatable bonds is 5. The molecule has 2 saturated heterocycles. The van der Waals surface area contributed by atoms with Crippen LogP contribution in [0.3, 0.4) is 0 Å². The van der Waals surface area contributed by atoms with Crippen LogP contribution in [-0.4, -0.2) is 60.3 Å². The normalized spacial score (nSPS) is 22.4. The van der Waals surface area contributed by atoms with E-state index in [4.69, 9.17) is 9.47 Å². The maximum Gasteiger partial charge on any atom is 0.255 e. The van der Waals surface area contributed by atoms with Crippen LogP contribution < -0.4 is 5.32 Å².